The van der Waals surface area contributed by atoms with Crippen molar-refractivity contribution in [2.24, 2.45) is 7.05 Å². The fourth-order valence-corrected chi connectivity index (χ4v) is 3.72. The molecule has 0 bridgehead atoms. The van der Waals surface area contributed by atoms with Crippen LogP contribution in [0.25, 0.3) is 11.0 Å². The van der Waals surface area contributed by atoms with E-state index in [-0.39, 0.29) is 0 Å². The van der Waals surface area contributed by atoms with E-state index in [9.17, 15) is 0 Å². The van der Waals surface area contributed by atoms with Crippen molar-refractivity contribution in [1.29, 1.82) is 0 Å². The van der Waals surface area contributed by atoms with Gasteiger partial charge in [0.25, 0.3) is 0 Å². The van der Waals surface area contributed by atoms with Crippen LogP contribution in [0.1, 0.15) is 36.6 Å². The lowest BCUT2D eigenvalue weighted by molar-refractivity contribution is 0.612. The maximum atomic E-state index is 4.74. The molecule has 1 atom stereocenters. The summed E-state index contributed by atoms with van der Waals surface area (Å²) < 4.78 is 1.83. The second-order valence-electron chi connectivity index (χ2n) is 6.63. The first-order valence-electron chi connectivity index (χ1n) is 8.68. The Labute approximate surface area is 142 Å². The van der Waals surface area contributed by atoms with E-state index >= 15 is 0 Å². The van der Waals surface area contributed by atoms with Gasteiger partial charge in [0, 0.05) is 20.1 Å². The van der Waals surface area contributed by atoms with Crippen LogP contribution in [0.3, 0.4) is 0 Å². The molecule has 0 unspecified atom stereocenters. The van der Waals surface area contributed by atoms with Gasteiger partial charge in [-0.1, -0.05) is 30.3 Å². The van der Waals surface area contributed by atoms with E-state index in [2.05, 4.69) is 45.3 Å². The molecule has 0 radical (unpaired) electrons. The molecule has 2 aromatic heterocycles. The lowest BCUT2D eigenvalue weighted by Crippen LogP contribution is -2.25. The normalized spacial score (nSPS) is 18.8. The van der Waals surface area contributed by atoms with E-state index in [0.29, 0.717) is 5.92 Å². The van der Waals surface area contributed by atoms with Crippen LogP contribution in [0, 0.1) is 6.92 Å². The maximum Gasteiger partial charge on any atom is 0.163 e. The third-order valence-corrected chi connectivity index (χ3v) is 4.98. The lowest BCUT2D eigenvalue weighted by Gasteiger charge is -2.22. The second-order valence-corrected chi connectivity index (χ2v) is 6.63. The smallest absolute Gasteiger partial charge is 0.163 e. The third kappa shape index (κ3) is 2.75. The van der Waals surface area contributed by atoms with Gasteiger partial charge in [-0.25, -0.2) is 9.97 Å². The summed E-state index contributed by atoms with van der Waals surface area (Å²) in [4.78, 5) is 11.7. The van der Waals surface area contributed by atoms with Gasteiger partial charge in [0.2, 0.25) is 0 Å². The molecule has 5 heteroatoms. The highest BCUT2D eigenvalue weighted by atomic mass is 15.3. The number of aryl methyl sites for hydroxylation is 2. The van der Waals surface area contributed by atoms with E-state index in [0.717, 1.165) is 42.2 Å². The Morgan fingerprint density at radius 2 is 1.88 bits per heavy atom. The van der Waals surface area contributed by atoms with Gasteiger partial charge in [0.15, 0.2) is 5.65 Å². The van der Waals surface area contributed by atoms with Gasteiger partial charge in [-0.2, -0.15) is 5.10 Å². The van der Waals surface area contributed by atoms with Crippen molar-refractivity contribution in [2.45, 2.75) is 32.1 Å². The third-order valence-electron chi connectivity index (χ3n) is 4.98. The first kappa shape index (κ1) is 15.1. The summed E-state index contributed by atoms with van der Waals surface area (Å²) in [7, 11) is 1.94. The van der Waals surface area contributed by atoms with E-state index in [1.807, 2.05) is 24.9 Å². The van der Waals surface area contributed by atoms with Gasteiger partial charge < -0.3 is 4.90 Å². The predicted octanol–water partition coefficient (Wildman–Crippen LogP) is 3.45. The van der Waals surface area contributed by atoms with Gasteiger partial charge in [-0.15, -0.1) is 0 Å². The standard InChI is InChI=1S/C19H23N5/c1-14-21-18-17(13-20-23(18)2)19(22-14)24-11-6-9-16(10-12-24)15-7-4-3-5-8-15/h3-5,7-8,13,16H,6,9-12H2,1-2H3/t16-/m0/s1. The number of aromatic nitrogens is 4. The number of benzene rings is 1. The summed E-state index contributed by atoms with van der Waals surface area (Å²) in [6, 6.07) is 10.9. The molecule has 1 fully saturated rings. The molecule has 0 aliphatic carbocycles. The van der Waals surface area contributed by atoms with Gasteiger partial charge >= 0.3 is 0 Å². The molecule has 0 saturated carbocycles. The molecular weight excluding hydrogens is 298 g/mol. The van der Waals surface area contributed by atoms with Crippen molar-refractivity contribution in [3.05, 3.63) is 47.9 Å². The van der Waals surface area contributed by atoms with Crippen LogP contribution in [0.4, 0.5) is 5.82 Å². The van der Waals surface area contributed by atoms with Gasteiger partial charge in [-0.3, -0.25) is 4.68 Å². The summed E-state index contributed by atoms with van der Waals surface area (Å²) >= 11 is 0. The van der Waals surface area contributed by atoms with Crippen molar-refractivity contribution >= 4 is 16.9 Å². The molecule has 1 aliphatic heterocycles. The fourth-order valence-electron chi connectivity index (χ4n) is 3.72. The van der Waals surface area contributed by atoms with Crippen molar-refractivity contribution < 1.29 is 0 Å². The van der Waals surface area contributed by atoms with E-state index in [1.165, 1.54) is 18.4 Å². The highest BCUT2D eigenvalue weighted by Crippen LogP contribution is 2.31. The number of rotatable bonds is 2. The molecule has 0 N–H and O–H groups in total. The number of nitrogens with zero attached hydrogens (tertiary/aromatic N) is 5. The molecule has 1 aromatic carbocycles. The second kappa shape index (κ2) is 6.23. The minimum atomic E-state index is 0.642. The van der Waals surface area contributed by atoms with E-state index in [1.54, 1.807) is 0 Å². The Morgan fingerprint density at radius 3 is 2.71 bits per heavy atom. The minimum absolute atomic E-state index is 0.642. The monoisotopic (exact) mass is 321 g/mol. The molecule has 3 heterocycles. The quantitative estimate of drug-likeness (QED) is 0.725. The largest absolute Gasteiger partial charge is 0.356 e. The van der Waals surface area contributed by atoms with Gasteiger partial charge in [0.1, 0.15) is 11.6 Å². The fraction of sp³-hybridized carbons (Fsp3) is 0.421. The molecule has 4 rings (SSSR count). The Balaban J connectivity index is 1.62. The maximum absolute atomic E-state index is 4.74. The first-order chi connectivity index (χ1) is 11.7. The van der Waals surface area contributed by atoms with Crippen LogP contribution >= 0.6 is 0 Å². The van der Waals surface area contributed by atoms with Gasteiger partial charge in [-0.05, 0) is 37.7 Å². The van der Waals surface area contributed by atoms with E-state index < -0.39 is 0 Å². The zero-order chi connectivity index (χ0) is 16.5. The average Bonchev–Trinajstić information content (AvgIpc) is 2.83. The molecular formula is C19H23N5. The summed E-state index contributed by atoms with van der Waals surface area (Å²) in [6.07, 6.45) is 5.48. The van der Waals surface area contributed by atoms with Crippen molar-refractivity contribution in [2.75, 3.05) is 18.0 Å². The predicted molar refractivity (Wildman–Crippen MR) is 96.3 cm³/mol. The molecule has 5 nitrogen and oxygen atoms in total. The molecule has 124 valence electrons. The van der Waals surface area contributed by atoms with Crippen LogP contribution in [0.5, 0.6) is 0 Å². The molecule has 0 spiro atoms. The summed E-state index contributed by atoms with van der Waals surface area (Å²) in [5.74, 6) is 2.49. The summed E-state index contributed by atoms with van der Waals surface area (Å²) in [5, 5.41) is 5.42. The molecule has 1 aliphatic rings. The van der Waals surface area contributed by atoms with E-state index in [4.69, 9.17) is 4.98 Å². The van der Waals surface area contributed by atoms with Crippen molar-refractivity contribution in [1.82, 2.24) is 19.7 Å². The number of hydrogen-bond acceptors (Lipinski definition) is 4. The zero-order valence-corrected chi connectivity index (χ0v) is 14.3. The summed E-state index contributed by atoms with van der Waals surface area (Å²) in [5.41, 5.74) is 2.38. The van der Waals surface area contributed by atoms with Crippen LogP contribution in [-0.4, -0.2) is 32.8 Å². The SMILES string of the molecule is Cc1nc(N2CCC[C@H](c3ccccc3)CC2)c2cnn(C)c2n1. The zero-order valence-electron chi connectivity index (χ0n) is 14.3. The Bertz CT molecular complexity index is 840. The highest BCUT2D eigenvalue weighted by molar-refractivity contribution is 5.86. The topological polar surface area (TPSA) is 46.8 Å². The van der Waals surface area contributed by atoms with Crippen LogP contribution in [-0.2, 0) is 7.05 Å². The van der Waals surface area contributed by atoms with Crippen molar-refractivity contribution in [3.63, 3.8) is 0 Å². The summed E-state index contributed by atoms with van der Waals surface area (Å²) in [6.45, 7) is 4.03. The van der Waals surface area contributed by atoms with Crippen LogP contribution in [0.15, 0.2) is 36.5 Å². The Hall–Kier alpha value is -2.43. The van der Waals surface area contributed by atoms with Crippen LogP contribution < -0.4 is 4.90 Å². The minimum Gasteiger partial charge on any atom is -0.356 e. The lowest BCUT2D eigenvalue weighted by atomic mass is 9.92. The van der Waals surface area contributed by atoms with Crippen LogP contribution in [0.2, 0.25) is 0 Å². The first-order valence-corrected chi connectivity index (χ1v) is 8.68. The van der Waals surface area contributed by atoms with Crippen molar-refractivity contribution in [3.8, 4) is 0 Å². The Kier molecular flexibility index (Phi) is 3.92. The Morgan fingerprint density at radius 1 is 1.04 bits per heavy atom. The highest BCUT2D eigenvalue weighted by Gasteiger charge is 2.22. The molecule has 0 amide bonds. The number of hydrogen-bond donors (Lipinski definition) is 0. The molecule has 1 saturated heterocycles. The molecule has 24 heavy (non-hydrogen) atoms. The average molecular weight is 321 g/mol. The number of anilines is 1. The van der Waals surface area contributed by atoms with Gasteiger partial charge in [0.05, 0.1) is 11.6 Å². The number of fused-ring (bicyclic) bond motifs is 1. The molecule has 3 aromatic rings.